The van der Waals surface area contributed by atoms with E-state index >= 15 is 0 Å². The minimum atomic E-state index is -5.08. The molecular weight excluding hydrogens is 481 g/mol. The molecule has 1 aromatic heterocycles. The second-order valence-electron chi connectivity index (χ2n) is 8.08. The Morgan fingerprint density at radius 3 is 2.17 bits per heavy atom. The van der Waals surface area contributed by atoms with E-state index in [1.807, 2.05) is 7.05 Å². The summed E-state index contributed by atoms with van der Waals surface area (Å²) in [5.74, 6) is -6.89. The van der Waals surface area contributed by atoms with Gasteiger partial charge in [0, 0.05) is 17.5 Å². The predicted molar refractivity (Wildman–Crippen MR) is 112 cm³/mol. The molecule has 0 bridgehead atoms. The van der Waals surface area contributed by atoms with Crippen LogP contribution in [0, 0.1) is 11.6 Å². The minimum Gasteiger partial charge on any atom is -0.505 e. The molecule has 2 heterocycles. The van der Waals surface area contributed by atoms with Gasteiger partial charge in [-0.1, -0.05) is 6.07 Å². The molecule has 0 spiro atoms. The quantitative estimate of drug-likeness (QED) is 0.469. The van der Waals surface area contributed by atoms with Gasteiger partial charge in [-0.3, -0.25) is 4.79 Å². The van der Waals surface area contributed by atoms with Crippen LogP contribution in [0.5, 0.6) is 5.75 Å². The zero-order valence-electron chi connectivity index (χ0n) is 18.2. The number of fused-ring (bicyclic) bond motifs is 1. The van der Waals surface area contributed by atoms with Crippen molar-refractivity contribution in [2.75, 3.05) is 20.1 Å². The lowest BCUT2D eigenvalue weighted by Gasteiger charge is -2.37. The number of carboxylic acid groups (broad SMARTS) is 2. The molecule has 188 valence electrons. The Morgan fingerprint density at radius 2 is 1.66 bits per heavy atom. The van der Waals surface area contributed by atoms with E-state index in [2.05, 4.69) is 10.00 Å². The molecule has 2 aromatic carbocycles. The summed E-state index contributed by atoms with van der Waals surface area (Å²) in [7, 11) is 1.97. The number of aromatic nitrogens is 2. The summed E-state index contributed by atoms with van der Waals surface area (Å²) in [6.45, 7) is 1.38. The maximum atomic E-state index is 13.7. The van der Waals surface area contributed by atoms with E-state index in [4.69, 9.17) is 9.90 Å². The molecule has 1 aliphatic rings. The third-order valence-corrected chi connectivity index (χ3v) is 5.85. The van der Waals surface area contributed by atoms with Crippen LogP contribution in [0.1, 0.15) is 18.4 Å². The highest BCUT2D eigenvalue weighted by molar-refractivity contribution is 5.86. The number of nitrogens with zero attached hydrogens (tertiary/aromatic N) is 3. The van der Waals surface area contributed by atoms with Crippen LogP contribution in [0.25, 0.3) is 16.6 Å². The molecule has 3 N–H and O–H groups in total. The number of aromatic hydroxyl groups is 1. The third-order valence-electron chi connectivity index (χ3n) is 5.85. The highest BCUT2D eigenvalue weighted by Gasteiger charge is 2.42. The van der Waals surface area contributed by atoms with E-state index in [1.54, 1.807) is 24.4 Å². The summed E-state index contributed by atoms with van der Waals surface area (Å²) < 4.78 is 60.1. The molecular formula is C22H20F5N3O5. The zero-order chi connectivity index (χ0) is 26.1. The van der Waals surface area contributed by atoms with E-state index in [-0.39, 0.29) is 5.69 Å². The number of alkyl halides is 3. The van der Waals surface area contributed by atoms with Gasteiger partial charge in [0.25, 0.3) is 0 Å². The van der Waals surface area contributed by atoms with Crippen molar-refractivity contribution in [2.24, 2.45) is 0 Å². The molecule has 1 aliphatic heterocycles. The van der Waals surface area contributed by atoms with Crippen LogP contribution in [0.3, 0.4) is 0 Å². The zero-order valence-corrected chi connectivity index (χ0v) is 18.2. The second kappa shape index (κ2) is 9.49. The number of carbonyl (C=O) groups is 2. The number of likely N-dealkylation sites (tertiary alicyclic amines) is 1. The van der Waals surface area contributed by atoms with Gasteiger partial charge in [0.15, 0.2) is 17.4 Å². The lowest BCUT2D eigenvalue weighted by molar-refractivity contribution is -0.192. The van der Waals surface area contributed by atoms with Crippen LogP contribution in [-0.4, -0.2) is 68.3 Å². The van der Waals surface area contributed by atoms with Gasteiger partial charge in [-0.05, 0) is 50.7 Å². The number of rotatable bonds is 3. The Bertz CT molecular complexity index is 1240. The fourth-order valence-electron chi connectivity index (χ4n) is 3.85. The first-order valence-corrected chi connectivity index (χ1v) is 10.1. The highest BCUT2D eigenvalue weighted by atomic mass is 19.4. The van der Waals surface area contributed by atoms with Crippen molar-refractivity contribution >= 4 is 22.8 Å². The normalized spacial score (nSPS) is 15.9. The number of hydrogen-bond donors (Lipinski definition) is 3. The number of phenols is 1. The Hall–Kier alpha value is -3.74. The van der Waals surface area contributed by atoms with Gasteiger partial charge in [0.1, 0.15) is 0 Å². The molecule has 4 rings (SSSR count). The monoisotopic (exact) mass is 501 g/mol. The van der Waals surface area contributed by atoms with Crippen LogP contribution in [0.4, 0.5) is 22.0 Å². The van der Waals surface area contributed by atoms with Crippen molar-refractivity contribution in [1.82, 2.24) is 14.7 Å². The second-order valence-corrected chi connectivity index (χ2v) is 8.08. The summed E-state index contributed by atoms with van der Waals surface area (Å²) in [4.78, 5) is 23.1. The minimum absolute atomic E-state index is 0.173. The molecule has 0 unspecified atom stereocenters. The van der Waals surface area contributed by atoms with Crippen molar-refractivity contribution in [1.29, 1.82) is 0 Å². The molecule has 35 heavy (non-hydrogen) atoms. The number of carboxylic acids is 2. The van der Waals surface area contributed by atoms with Gasteiger partial charge >= 0.3 is 18.1 Å². The van der Waals surface area contributed by atoms with Crippen LogP contribution >= 0.6 is 0 Å². The SMILES string of the molecule is CN1CCC(C(=O)O)(c2ccc3c(cnn3-c3cc(O)c(F)c(F)c3)c2)CC1.O=C(O)C(F)(F)F. The van der Waals surface area contributed by atoms with Gasteiger partial charge in [-0.15, -0.1) is 0 Å². The van der Waals surface area contributed by atoms with E-state index in [0.717, 1.165) is 12.1 Å². The number of piperidine rings is 1. The number of benzene rings is 2. The van der Waals surface area contributed by atoms with Crippen LogP contribution in [-0.2, 0) is 15.0 Å². The lowest BCUT2D eigenvalue weighted by atomic mass is 9.72. The standard InChI is InChI=1S/C20H19F2N3O3.C2HF3O2/c1-24-6-4-20(5-7-24,19(27)28)13-2-3-16-12(8-13)11-23-25(16)14-9-15(21)18(22)17(26)10-14;3-2(4,5)1(6)7/h2-3,8-11,26H,4-7H2,1H3,(H,27,28);(H,6,7). The topological polar surface area (TPSA) is 116 Å². The summed E-state index contributed by atoms with van der Waals surface area (Å²) in [6, 6.07) is 7.30. The number of halogens is 5. The van der Waals surface area contributed by atoms with Gasteiger partial charge in [-0.25, -0.2) is 13.9 Å². The molecule has 1 fully saturated rings. The first-order chi connectivity index (χ1) is 16.3. The van der Waals surface area contributed by atoms with E-state index in [9.17, 15) is 37.0 Å². The molecule has 13 heteroatoms. The van der Waals surface area contributed by atoms with Crippen molar-refractivity contribution < 1.29 is 46.9 Å². The first-order valence-electron chi connectivity index (χ1n) is 10.1. The van der Waals surface area contributed by atoms with Gasteiger partial charge in [0.2, 0.25) is 0 Å². The Kier molecular flexibility index (Phi) is 7.01. The van der Waals surface area contributed by atoms with Crippen molar-refractivity contribution in [2.45, 2.75) is 24.4 Å². The maximum absolute atomic E-state index is 13.7. The molecule has 0 aliphatic carbocycles. The number of hydrogen-bond acceptors (Lipinski definition) is 5. The van der Waals surface area contributed by atoms with E-state index in [1.165, 1.54) is 4.68 Å². The molecule has 8 nitrogen and oxygen atoms in total. The number of phenolic OH excluding ortho intramolecular Hbond substituents is 1. The average Bonchev–Trinajstić information content (AvgIpc) is 3.21. The summed E-state index contributed by atoms with van der Waals surface area (Å²) >= 11 is 0. The smallest absolute Gasteiger partial charge is 0.490 e. The fourth-order valence-corrected chi connectivity index (χ4v) is 3.85. The molecule has 0 amide bonds. The van der Waals surface area contributed by atoms with Crippen molar-refractivity contribution in [3.05, 3.63) is 53.7 Å². The number of aliphatic carboxylic acids is 2. The summed E-state index contributed by atoms with van der Waals surface area (Å²) in [5.41, 5.74) is 0.519. The van der Waals surface area contributed by atoms with Gasteiger partial charge < -0.3 is 20.2 Å². The van der Waals surface area contributed by atoms with Crippen molar-refractivity contribution in [3.63, 3.8) is 0 Å². The summed E-state index contributed by atoms with van der Waals surface area (Å²) in [5, 5.41) is 31.5. The Morgan fingerprint density at radius 1 is 1.06 bits per heavy atom. The fraction of sp³-hybridized carbons (Fsp3) is 0.318. The molecule has 1 saturated heterocycles. The van der Waals surface area contributed by atoms with Crippen LogP contribution in [0.15, 0.2) is 36.5 Å². The summed E-state index contributed by atoms with van der Waals surface area (Å²) in [6.07, 6.45) is -2.52. The third kappa shape index (κ3) is 5.19. The highest BCUT2D eigenvalue weighted by Crippen LogP contribution is 2.37. The molecule has 0 saturated carbocycles. The Labute approximate surface area is 194 Å². The average molecular weight is 501 g/mol. The van der Waals surface area contributed by atoms with E-state index < -0.39 is 40.9 Å². The van der Waals surface area contributed by atoms with E-state index in [0.29, 0.717) is 42.4 Å². The molecule has 0 atom stereocenters. The molecule has 0 radical (unpaired) electrons. The lowest BCUT2D eigenvalue weighted by Crippen LogP contribution is -2.46. The van der Waals surface area contributed by atoms with Gasteiger partial charge in [-0.2, -0.15) is 22.7 Å². The van der Waals surface area contributed by atoms with Crippen LogP contribution < -0.4 is 0 Å². The van der Waals surface area contributed by atoms with Crippen LogP contribution in [0.2, 0.25) is 0 Å². The first kappa shape index (κ1) is 25.9. The maximum Gasteiger partial charge on any atom is 0.490 e. The largest absolute Gasteiger partial charge is 0.505 e. The predicted octanol–water partition coefficient (Wildman–Crippen LogP) is 3.69. The van der Waals surface area contributed by atoms with Gasteiger partial charge in [0.05, 0.1) is 22.8 Å². The Balaban J connectivity index is 0.000000429. The molecule has 3 aromatic rings. The van der Waals surface area contributed by atoms with Crippen molar-refractivity contribution in [3.8, 4) is 11.4 Å².